The Morgan fingerprint density at radius 2 is 1.91 bits per heavy atom. The molecule has 0 atom stereocenters. The van der Waals surface area contributed by atoms with E-state index in [1.165, 1.54) is 40.2 Å². The maximum atomic E-state index is 13.4. The van der Waals surface area contributed by atoms with Crippen LogP contribution in [0.25, 0.3) is 21.3 Å². The zero-order valence-electron chi connectivity index (χ0n) is 17.7. The lowest BCUT2D eigenvalue weighted by Crippen LogP contribution is -2.23. The maximum Gasteiger partial charge on any atom is 0.269 e. The van der Waals surface area contributed by atoms with E-state index < -0.39 is 4.92 Å². The van der Waals surface area contributed by atoms with Crippen molar-refractivity contribution in [2.75, 3.05) is 5.75 Å². The number of rotatable bonds is 8. The summed E-state index contributed by atoms with van der Waals surface area (Å²) in [6.07, 6.45) is 1.62. The van der Waals surface area contributed by atoms with Crippen LogP contribution in [0.2, 0.25) is 0 Å². The Morgan fingerprint density at radius 3 is 2.55 bits per heavy atom. The van der Waals surface area contributed by atoms with Gasteiger partial charge in [0, 0.05) is 35.2 Å². The molecule has 0 aliphatic rings. The minimum Gasteiger partial charge on any atom is -0.293 e. The number of carbonyl (C=O) groups excluding carboxylic acids is 1. The van der Waals surface area contributed by atoms with Gasteiger partial charge in [0.15, 0.2) is 10.9 Å². The molecule has 9 heteroatoms. The molecule has 0 amide bonds. The van der Waals surface area contributed by atoms with Gasteiger partial charge in [-0.2, -0.15) is 0 Å². The van der Waals surface area contributed by atoms with Gasteiger partial charge in [0.1, 0.15) is 4.83 Å². The number of allylic oxidation sites excluding steroid dienone is 1. The topological polar surface area (TPSA) is 95.1 Å². The highest BCUT2D eigenvalue weighted by atomic mass is 32.2. The minimum atomic E-state index is -0.512. The third-order valence-corrected chi connectivity index (χ3v) is 6.91. The fourth-order valence-corrected chi connectivity index (χ4v) is 5.23. The normalized spacial score (nSPS) is 10.9. The number of aromatic nitrogens is 2. The van der Waals surface area contributed by atoms with E-state index in [0.29, 0.717) is 20.9 Å². The Labute approximate surface area is 197 Å². The highest BCUT2D eigenvalue weighted by molar-refractivity contribution is 7.99. The molecule has 0 radical (unpaired) electrons. The van der Waals surface area contributed by atoms with Crippen LogP contribution in [0.1, 0.15) is 15.9 Å². The monoisotopic (exact) mass is 477 g/mol. The summed E-state index contributed by atoms with van der Waals surface area (Å²) in [5, 5.41) is 13.7. The van der Waals surface area contributed by atoms with Crippen LogP contribution < -0.4 is 5.56 Å². The zero-order valence-corrected chi connectivity index (χ0v) is 19.3. The molecule has 0 unspecified atom stereocenters. The average Bonchev–Trinajstić information content (AvgIpc) is 3.24. The van der Waals surface area contributed by atoms with Crippen LogP contribution in [-0.4, -0.2) is 26.0 Å². The largest absolute Gasteiger partial charge is 0.293 e. The molecular weight excluding hydrogens is 458 g/mol. The molecule has 0 fully saturated rings. The smallest absolute Gasteiger partial charge is 0.269 e. The summed E-state index contributed by atoms with van der Waals surface area (Å²) in [6.45, 7) is 6.02. The van der Waals surface area contributed by atoms with Gasteiger partial charge in [-0.1, -0.05) is 47.7 Å². The standard InChI is InChI=1S/C24H19N3O4S2/c1-3-12-26-23(29)21-19(16-6-4-15(2)5-7-16)13-32-22(21)25-24(26)33-14-20(28)17-8-10-18(11-9-17)27(30)31/h3-11,13H,1,12,14H2,2H3. The third kappa shape index (κ3) is 4.64. The van der Waals surface area contributed by atoms with E-state index in [0.717, 1.165) is 28.5 Å². The SMILES string of the molecule is C=CCn1c(SCC(=O)c2ccc([N+](=O)[O-])cc2)nc2scc(-c3ccc(C)cc3)c2c1=O. The Balaban J connectivity index is 1.66. The van der Waals surface area contributed by atoms with Crippen molar-refractivity contribution in [3.63, 3.8) is 0 Å². The number of Topliss-reactive ketones (excluding diaryl/α,β-unsaturated/α-hetero) is 1. The first-order valence-corrected chi connectivity index (χ1v) is 11.9. The van der Waals surface area contributed by atoms with Gasteiger partial charge < -0.3 is 0 Å². The summed E-state index contributed by atoms with van der Waals surface area (Å²) >= 11 is 2.55. The molecule has 4 rings (SSSR count). The lowest BCUT2D eigenvalue weighted by molar-refractivity contribution is -0.384. The van der Waals surface area contributed by atoms with Crippen LogP contribution in [0.5, 0.6) is 0 Å². The van der Waals surface area contributed by atoms with E-state index in [-0.39, 0.29) is 29.3 Å². The van der Waals surface area contributed by atoms with Crippen LogP contribution in [0.4, 0.5) is 5.69 Å². The first-order chi connectivity index (χ1) is 15.9. The molecule has 166 valence electrons. The molecule has 0 spiro atoms. The summed E-state index contributed by atoms with van der Waals surface area (Å²) in [5.74, 6) is -0.163. The first kappa shape index (κ1) is 22.6. The number of thioether (sulfide) groups is 1. The van der Waals surface area contributed by atoms with E-state index in [2.05, 4.69) is 11.6 Å². The third-order valence-electron chi connectivity index (χ3n) is 5.07. The highest BCUT2D eigenvalue weighted by Crippen LogP contribution is 2.32. The van der Waals surface area contributed by atoms with Crippen molar-refractivity contribution >= 4 is 44.8 Å². The predicted octanol–water partition coefficient (Wildman–Crippen LogP) is 5.50. The minimum absolute atomic E-state index is 0.0447. The number of hydrogen-bond donors (Lipinski definition) is 0. The van der Waals surface area contributed by atoms with Gasteiger partial charge in [-0.25, -0.2) is 4.98 Å². The summed E-state index contributed by atoms with van der Waals surface area (Å²) in [7, 11) is 0. The fraction of sp³-hybridized carbons (Fsp3) is 0.125. The van der Waals surface area contributed by atoms with Crippen molar-refractivity contribution in [2.45, 2.75) is 18.6 Å². The Morgan fingerprint density at radius 1 is 1.21 bits per heavy atom. The van der Waals surface area contributed by atoms with Crippen molar-refractivity contribution in [1.29, 1.82) is 0 Å². The van der Waals surface area contributed by atoms with Gasteiger partial charge in [0.05, 0.1) is 16.1 Å². The van der Waals surface area contributed by atoms with Crippen LogP contribution in [0.15, 0.2) is 76.5 Å². The molecular formula is C24H19N3O4S2. The highest BCUT2D eigenvalue weighted by Gasteiger charge is 2.18. The van der Waals surface area contributed by atoms with E-state index in [9.17, 15) is 19.7 Å². The lowest BCUT2D eigenvalue weighted by Gasteiger charge is -2.10. The zero-order chi connectivity index (χ0) is 23.5. The van der Waals surface area contributed by atoms with Crippen molar-refractivity contribution in [1.82, 2.24) is 9.55 Å². The second kappa shape index (κ2) is 9.51. The number of carbonyl (C=O) groups is 1. The number of nitro groups is 1. The number of fused-ring (bicyclic) bond motifs is 1. The molecule has 2 aromatic carbocycles. The molecule has 33 heavy (non-hydrogen) atoms. The summed E-state index contributed by atoms with van der Waals surface area (Å²) < 4.78 is 1.52. The van der Waals surface area contributed by atoms with Gasteiger partial charge in [-0.15, -0.1) is 17.9 Å². The van der Waals surface area contributed by atoms with E-state index >= 15 is 0 Å². The van der Waals surface area contributed by atoms with Gasteiger partial charge >= 0.3 is 0 Å². The number of non-ortho nitro benzene ring substituents is 1. The molecule has 4 aromatic rings. The molecule has 0 aliphatic carbocycles. The van der Waals surface area contributed by atoms with Crippen molar-refractivity contribution in [3.05, 3.63) is 98.2 Å². The van der Waals surface area contributed by atoms with Gasteiger partial charge in [-0.3, -0.25) is 24.3 Å². The Bertz CT molecular complexity index is 1420. The molecule has 7 nitrogen and oxygen atoms in total. The Kier molecular flexibility index (Phi) is 6.52. The van der Waals surface area contributed by atoms with Gasteiger partial charge in [-0.05, 0) is 24.6 Å². The maximum absolute atomic E-state index is 13.4. The molecule has 2 heterocycles. The quantitative estimate of drug-likeness (QED) is 0.0830. The molecule has 0 N–H and O–H groups in total. The number of ketones is 1. The van der Waals surface area contributed by atoms with Crippen LogP contribution in [-0.2, 0) is 6.54 Å². The lowest BCUT2D eigenvalue weighted by atomic mass is 10.1. The molecule has 0 saturated carbocycles. The van der Waals surface area contributed by atoms with Gasteiger partial charge in [0.2, 0.25) is 0 Å². The number of nitrogens with zero attached hydrogens (tertiary/aromatic N) is 3. The van der Waals surface area contributed by atoms with Crippen LogP contribution >= 0.6 is 23.1 Å². The molecule has 2 aromatic heterocycles. The number of thiophene rings is 1. The number of aryl methyl sites for hydroxylation is 1. The summed E-state index contributed by atoms with van der Waals surface area (Å²) in [4.78, 5) is 41.6. The van der Waals surface area contributed by atoms with Gasteiger partial charge in [0.25, 0.3) is 11.2 Å². The Hall–Kier alpha value is -3.56. The molecule has 0 bridgehead atoms. The van der Waals surface area contributed by atoms with E-state index in [1.54, 1.807) is 6.08 Å². The predicted molar refractivity (Wildman–Crippen MR) is 132 cm³/mol. The van der Waals surface area contributed by atoms with Crippen molar-refractivity contribution < 1.29 is 9.72 Å². The van der Waals surface area contributed by atoms with Crippen molar-refractivity contribution in [2.24, 2.45) is 0 Å². The second-order valence-corrected chi connectivity index (χ2v) is 9.11. The molecule has 0 aliphatic heterocycles. The average molecular weight is 478 g/mol. The molecule has 0 saturated heterocycles. The van der Waals surface area contributed by atoms with E-state index in [1.807, 2.05) is 36.6 Å². The first-order valence-electron chi connectivity index (χ1n) is 9.99. The summed E-state index contributed by atoms with van der Waals surface area (Å²) in [6, 6.07) is 13.4. The van der Waals surface area contributed by atoms with Crippen LogP contribution in [0, 0.1) is 17.0 Å². The van der Waals surface area contributed by atoms with E-state index in [4.69, 9.17) is 0 Å². The summed E-state index contributed by atoms with van der Waals surface area (Å²) in [5.41, 5.74) is 3.03. The van der Waals surface area contributed by atoms with Crippen LogP contribution in [0.3, 0.4) is 0 Å². The second-order valence-electron chi connectivity index (χ2n) is 7.31. The number of hydrogen-bond acceptors (Lipinski definition) is 7. The number of nitro benzene ring substituents is 1. The van der Waals surface area contributed by atoms with Crippen molar-refractivity contribution in [3.8, 4) is 11.1 Å². The number of benzene rings is 2. The fourth-order valence-electron chi connectivity index (χ4n) is 3.33.